The molecule has 6 heteroatoms. The Bertz CT molecular complexity index is 3510. The van der Waals surface area contributed by atoms with Crippen LogP contribution < -0.4 is 14.5 Å². The Hall–Kier alpha value is -6.68. The summed E-state index contributed by atoms with van der Waals surface area (Å²) in [6.45, 7) is 32.2. The molecule has 380 valence electrons. The van der Waals surface area contributed by atoms with E-state index in [4.69, 9.17) is 9.72 Å². The first-order chi connectivity index (χ1) is 34.6. The molecule has 0 aliphatic carbocycles. The number of anilines is 2. The molecule has 5 nitrogen and oxygen atoms in total. The van der Waals surface area contributed by atoms with Gasteiger partial charge in [0.25, 0.3) is 0 Å². The second-order valence-electron chi connectivity index (χ2n) is 23.9. The van der Waals surface area contributed by atoms with Gasteiger partial charge in [-0.1, -0.05) is 216 Å². The molecule has 0 saturated carbocycles. The van der Waals surface area contributed by atoms with E-state index in [1.54, 1.807) is 0 Å². The van der Waals surface area contributed by atoms with Crippen molar-refractivity contribution in [1.29, 1.82) is 0 Å². The van der Waals surface area contributed by atoms with Gasteiger partial charge >= 0.3 is 0 Å². The van der Waals surface area contributed by atoms with Crippen molar-refractivity contribution in [3.8, 4) is 28.4 Å². The van der Waals surface area contributed by atoms with Crippen molar-refractivity contribution < 1.29 is 25.8 Å². The summed E-state index contributed by atoms with van der Waals surface area (Å²) < 4.78 is 9.38. The van der Waals surface area contributed by atoms with Gasteiger partial charge in [0.05, 0.1) is 0 Å². The minimum atomic E-state index is -0.424. The van der Waals surface area contributed by atoms with Gasteiger partial charge in [-0.2, -0.15) is 6.07 Å². The van der Waals surface area contributed by atoms with Crippen LogP contribution in [0.5, 0.6) is 11.5 Å². The molecule has 0 saturated heterocycles. The number of pyridine rings is 1. The number of benzene rings is 7. The van der Waals surface area contributed by atoms with Gasteiger partial charge in [-0.05, 0) is 79.9 Å². The van der Waals surface area contributed by atoms with Gasteiger partial charge in [0, 0.05) is 77.6 Å². The maximum Gasteiger partial charge on any atom is 0.135 e. The van der Waals surface area contributed by atoms with Crippen LogP contribution in [0.15, 0.2) is 187 Å². The van der Waals surface area contributed by atoms with Crippen LogP contribution in [0.25, 0.3) is 38.8 Å². The average molecular weight is 1150 g/mol. The molecule has 9 aromatic rings. The molecule has 0 N–H and O–H groups in total. The summed E-state index contributed by atoms with van der Waals surface area (Å²) in [5, 5.41) is 2.26. The molecule has 1 aliphatic heterocycles. The Morgan fingerprint density at radius 2 is 1.07 bits per heavy atom. The van der Waals surface area contributed by atoms with Gasteiger partial charge in [-0.15, -0.1) is 48.3 Å². The van der Waals surface area contributed by atoms with Crippen LogP contribution in [0.1, 0.15) is 118 Å². The van der Waals surface area contributed by atoms with Gasteiger partial charge < -0.3 is 19.1 Å². The third kappa shape index (κ3) is 9.77. The molecule has 3 heterocycles. The molecular formula is C68H69N4OPt-3. The molecule has 2 aromatic heterocycles. The minimum Gasteiger partial charge on any atom is -0.509 e. The van der Waals surface area contributed by atoms with Crippen LogP contribution in [-0.4, -0.2) is 9.55 Å². The number of hydrogen-bond donors (Lipinski definition) is 0. The number of para-hydroxylation sites is 1. The van der Waals surface area contributed by atoms with E-state index in [0.29, 0.717) is 11.5 Å². The predicted molar refractivity (Wildman–Crippen MR) is 306 cm³/mol. The third-order valence-electron chi connectivity index (χ3n) is 14.8. The van der Waals surface area contributed by atoms with Gasteiger partial charge in [-0.3, -0.25) is 0 Å². The summed E-state index contributed by atoms with van der Waals surface area (Å²) in [6, 6.07) is 68.4. The molecule has 10 rings (SSSR count). The van der Waals surface area contributed by atoms with E-state index in [1.165, 1.54) is 44.8 Å². The fourth-order valence-electron chi connectivity index (χ4n) is 10.7. The minimum absolute atomic E-state index is 0. The van der Waals surface area contributed by atoms with Gasteiger partial charge in [0.15, 0.2) is 0 Å². The molecule has 0 radical (unpaired) electrons. The Balaban J connectivity index is 0.00000672. The number of nitrogens with zero attached hydrogens (tertiary/aromatic N) is 4. The first-order valence-corrected chi connectivity index (χ1v) is 25.8. The van der Waals surface area contributed by atoms with Crippen molar-refractivity contribution in [3.63, 3.8) is 0 Å². The topological polar surface area (TPSA) is 33.5 Å². The molecule has 1 aliphatic rings. The van der Waals surface area contributed by atoms with E-state index in [2.05, 4.69) is 287 Å². The molecule has 0 amide bonds. The van der Waals surface area contributed by atoms with Crippen molar-refractivity contribution >= 4 is 33.2 Å². The van der Waals surface area contributed by atoms with Crippen molar-refractivity contribution in [3.05, 3.63) is 234 Å². The summed E-state index contributed by atoms with van der Waals surface area (Å²) >= 11 is 0. The summed E-state index contributed by atoms with van der Waals surface area (Å²) in [6.07, 6.45) is 1.94. The fraction of sp³-hybridized carbons (Fsp3) is 0.265. The van der Waals surface area contributed by atoms with E-state index < -0.39 is 5.41 Å². The fourth-order valence-corrected chi connectivity index (χ4v) is 10.7. The zero-order valence-corrected chi connectivity index (χ0v) is 47.6. The smallest absolute Gasteiger partial charge is 0.135 e. The van der Waals surface area contributed by atoms with E-state index in [1.807, 2.05) is 12.3 Å². The van der Waals surface area contributed by atoms with Crippen LogP contribution in [0.2, 0.25) is 0 Å². The Kier molecular flexibility index (Phi) is 13.8. The molecule has 0 bridgehead atoms. The number of allylic oxidation sites excluding steroid dienone is 2. The van der Waals surface area contributed by atoms with Crippen LogP contribution >= 0.6 is 0 Å². The zero-order valence-electron chi connectivity index (χ0n) is 45.3. The summed E-state index contributed by atoms with van der Waals surface area (Å²) in [4.78, 5) is 9.86. The van der Waals surface area contributed by atoms with Crippen molar-refractivity contribution in [2.24, 2.45) is 10.8 Å². The number of ether oxygens (including phenoxy) is 1. The second kappa shape index (κ2) is 19.5. The monoisotopic (exact) mass is 1150 g/mol. The van der Waals surface area contributed by atoms with Gasteiger partial charge in [0.2, 0.25) is 0 Å². The quantitative estimate of drug-likeness (QED) is 0.128. The second-order valence-corrected chi connectivity index (χ2v) is 23.9. The van der Waals surface area contributed by atoms with E-state index in [0.717, 1.165) is 44.6 Å². The summed E-state index contributed by atoms with van der Waals surface area (Å²) in [7, 11) is 0. The molecule has 7 aromatic carbocycles. The number of rotatable bonds is 10. The largest absolute Gasteiger partial charge is 0.509 e. The Labute approximate surface area is 455 Å². The molecule has 74 heavy (non-hydrogen) atoms. The predicted octanol–water partition coefficient (Wildman–Crippen LogP) is 17.9. The molecule has 0 unspecified atom stereocenters. The van der Waals surface area contributed by atoms with Gasteiger partial charge in [0.1, 0.15) is 5.82 Å². The maximum absolute atomic E-state index is 7.11. The first kappa shape index (κ1) is 52.2. The number of fused-ring (bicyclic) bond motifs is 3. The van der Waals surface area contributed by atoms with Crippen LogP contribution in [0.4, 0.5) is 11.4 Å². The number of aromatic nitrogens is 2. The molecule has 0 fully saturated rings. The first-order valence-electron chi connectivity index (χ1n) is 25.8. The zero-order chi connectivity index (χ0) is 51.7. The van der Waals surface area contributed by atoms with Crippen molar-refractivity contribution in [2.75, 3.05) is 9.80 Å². The van der Waals surface area contributed by atoms with E-state index in [-0.39, 0.29) is 42.7 Å². The molecular weight excluding hydrogens is 1080 g/mol. The van der Waals surface area contributed by atoms with Crippen LogP contribution in [0, 0.1) is 29.6 Å². The Morgan fingerprint density at radius 3 is 1.70 bits per heavy atom. The molecule has 0 atom stereocenters. The summed E-state index contributed by atoms with van der Waals surface area (Å²) in [5.74, 6) is 2.03. The maximum atomic E-state index is 7.11. The third-order valence-corrected chi connectivity index (χ3v) is 14.8. The summed E-state index contributed by atoms with van der Waals surface area (Å²) in [5.41, 5.74) is 13.7. The Morgan fingerprint density at radius 1 is 0.473 bits per heavy atom. The standard InChI is InChI=1S/C68H69N4O.Pt/c1-64(2,3)51-38-47(46-26-17-14-18-27-46)39-53(40-51)71-45-70(62(65(4,5)6)63(71)66(7,8)9)52-32-25-33-54(42-52)73-55-43-57(68(12,13)49-30-21-16-22-31-49)61-56-34-23-24-35-58(56)72(59(61)44-55)60-41-50(36-37-69-60)67(10,11)48-28-19-15-20-29-48;/h14-41,43,45H,1-13H3;/q-3;. The normalized spacial score (nSPS) is 13.7. The molecule has 0 spiro atoms. The van der Waals surface area contributed by atoms with Crippen molar-refractivity contribution in [2.45, 2.75) is 106 Å². The van der Waals surface area contributed by atoms with E-state index >= 15 is 0 Å². The van der Waals surface area contributed by atoms with Crippen molar-refractivity contribution in [1.82, 2.24) is 9.55 Å². The number of hydrogen-bond acceptors (Lipinski definition) is 4. The van der Waals surface area contributed by atoms with Gasteiger partial charge in [-0.25, -0.2) is 4.98 Å². The SMILES string of the molecule is CC(C)(C)C1=C(C(C)(C)C)N(c2cc(-c3ccccc3)cc(C(C)(C)C)c2)[CH-]N1c1[c-]c(Oc2[c-]c3c(c(C(C)(C)c4ccccc4)c2)c2ccccc2n3-c2cc(C(C)(C)c3ccccc3)ccn2)ccc1.[Pt]. The van der Waals surface area contributed by atoms with Crippen LogP contribution in [0.3, 0.4) is 0 Å². The van der Waals surface area contributed by atoms with E-state index in [9.17, 15) is 0 Å². The average Bonchev–Trinajstić information content (AvgIpc) is 3.95. The van der Waals surface area contributed by atoms with Crippen LogP contribution in [-0.2, 0) is 37.3 Å².